The Morgan fingerprint density at radius 3 is 2.60 bits per heavy atom. The van der Waals surface area contributed by atoms with E-state index in [1.807, 2.05) is 48.5 Å². The van der Waals surface area contributed by atoms with Gasteiger partial charge in [0.2, 0.25) is 0 Å². The molecule has 0 fully saturated rings. The van der Waals surface area contributed by atoms with E-state index in [1.165, 1.54) is 6.20 Å². The number of benzene rings is 2. The number of nitriles is 1. The molecule has 1 aromatic heterocycles. The van der Waals surface area contributed by atoms with Crippen LogP contribution in [0.2, 0.25) is 0 Å². The first-order valence-corrected chi connectivity index (χ1v) is 6.79. The zero-order valence-electron chi connectivity index (χ0n) is 10.4. The third kappa shape index (κ3) is 2.24. The van der Waals surface area contributed by atoms with Crippen molar-refractivity contribution in [2.75, 3.05) is 0 Å². The van der Waals surface area contributed by atoms with Gasteiger partial charge in [-0.3, -0.25) is 4.98 Å². The van der Waals surface area contributed by atoms with Gasteiger partial charge in [0.25, 0.3) is 0 Å². The fourth-order valence-corrected chi connectivity index (χ4v) is 2.31. The lowest BCUT2D eigenvalue weighted by Gasteiger charge is -2.11. The molecule has 2 aromatic carbocycles. The first kappa shape index (κ1) is 12.6. The van der Waals surface area contributed by atoms with Gasteiger partial charge in [-0.2, -0.15) is 5.26 Å². The molecule has 0 radical (unpaired) electrons. The van der Waals surface area contributed by atoms with Crippen LogP contribution in [-0.2, 0) is 0 Å². The fraction of sp³-hybridized carbons (Fsp3) is 0. The van der Waals surface area contributed by atoms with Gasteiger partial charge in [0.15, 0.2) is 5.75 Å². The van der Waals surface area contributed by atoms with Crippen molar-refractivity contribution < 1.29 is 4.74 Å². The summed E-state index contributed by atoms with van der Waals surface area (Å²) in [7, 11) is 0. The predicted molar refractivity (Wildman–Crippen MR) is 80.7 cm³/mol. The Kier molecular flexibility index (Phi) is 3.36. The monoisotopic (exact) mass is 324 g/mol. The van der Waals surface area contributed by atoms with E-state index in [-0.39, 0.29) is 0 Å². The van der Waals surface area contributed by atoms with Crippen molar-refractivity contribution >= 4 is 26.8 Å². The highest BCUT2D eigenvalue weighted by Gasteiger charge is 2.12. The maximum absolute atomic E-state index is 9.24. The zero-order valence-corrected chi connectivity index (χ0v) is 12.0. The number of aromatic nitrogens is 1. The summed E-state index contributed by atoms with van der Waals surface area (Å²) >= 11 is 3.44. The van der Waals surface area contributed by atoms with E-state index in [1.54, 1.807) is 0 Å². The van der Waals surface area contributed by atoms with Crippen LogP contribution in [0, 0.1) is 11.3 Å². The van der Waals surface area contributed by atoms with E-state index < -0.39 is 0 Å². The average Bonchev–Trinajstić information content (AvgIpc) is 2.50. The Morgan fingerprint density at radius 1 is 1.05 bits per heavy atom. The molecular formula is C16H9BrN2O. The van der Waals surface area contributed by atoms with E-state index in [9.17, 15) is 5.26 Å². The molecule has 0 unspecified atom stereocenters. The lowest BCUT2D eigenvalue weighted by Crippen LogP contribution is -1.92. The third-order valence-corrected chi connectivity index (χ3v) is 3.55. The molecule has 1 heterocycles. The van der Waals surface area contributed by atoms with Crippen LogP contribution in [0.5, 0.6) is 11.5 Å². The Labute approximate surface area is 124 Å². The number of ether oxygens (including phenoxy) is 1. The Hall–Kier alpha value is -2.38. The minimum absolute atomic E-state index is 0.416. The Morgan fingerprint density at radius 2 is 1.80 bits per heavy atom. The highest BCUT2D eigenvalue weighted by atomic mass is 79.9. The molecule has 0 saturated heterocycles. The van der Waals surface area contributed by atoms with E-state index in [0.717, 1.165) is 15.4 Å². The predicted octanol–water partition coefficient (Wildman–Crippen LogP) is 4.66. The number of rotatable bonds is 2. The summed E-state index contributed by atoms with van der Waals surface area (Å²) in [4.78, 5) is 4.26. The van der Waals surface area contributed by atoms with Crippen LogP contribution < -0.4 is 4.74 Å². The molecule has 0 N–H and O–H groups in total. The molecule has 0 atom stereocenters. The van der Waals surface area contributed by atoms with Crippen molar-refractivity contribution in [3.8, 4) is 17.6 Å². The van der Waals surface area contributed by atoms with Gasteiger partial charge in [0.05, 0.1) is 9.99 Å². The first-order valence-electron chi connectivity index (χ1n) is 6.00. The summed E-state index contributed by atoms with van der Waals surface area (Å²) in [5, 5.41) is 10.1. The summed E-state index contributed by atoms with van der Waals surface area (Å²) in [6, 6.07) is 17.3. The van der Waals surface area contributed by atoms with Crippen LogP contribution >= 0.6 is 15.9 Å². The normalized spacial score (nSPS) is 10.2. The topological polar surface area (TPSA) is 45.9 Å². The van der Waals surface area contributed by atoms with E-state index in [0.29, 0.717) is 17.1 Å². The standard InChI is InChI=1S/C16H9BrN2O/c17-13-6-2-4-8-15(13)20-16-11(9-18)10-19-14-7-3-1-5-12(14)16/h1-8,10H. The quantitative estimate of drug-likeness (QED) is 0.688. The summed E-state index contributed by atoms with van der Waals surface area (Å²) in [5.74, 6) is 1.20. The van der Waals surface area contributed by atoms with Gasteiger partial charge in [-0.15, -0.1) is 0 Å². The van der Waals surface area contributed by atoms with E-state index in [4.69, 9.17) is 4.74 Å². The van der Waals surface area contributed by atoms with Crippen LogP contribution in [-0.4, -0.2) is 4.98 Å². The second-order valence-electron chi connectivity index (χ2n) is 4.16. The van der Waals surface area contributed by atoms with Crippen LogP contribution in [0.1, 0.15) is 5.56 Å². The number of para-hydroxylation sites is 2. The molecule has 3 aromatic rings. The molecule has 0 bridgehead atoms. The molecule has 3 nitrogen and oxygen atoms in total. The van der Waals surface area contributed by atoms with Gasteiger partial charge >= 0.3 is 0 Å². The van der Waals surface area contributed by atoms with Crippen molar-refractivity contribution in [3.05, 3.63) is 64.8 Å². The average molecular weight is 325 g/mol. The SMILES string of the molecule is N#Cc1cnc2ccccc2c1Oc1ccccc1Br. The summed E-state index contributed by atoms with van der Waals surface area (Å²) in [6.45, 7) is 0. The number of pyridine rings is 1. The number of nitrogens with zero attached hydrogens (tertiary/aromatic N) is 2. The highest BCUT2D eigenvalue weighted by molar-refractivity contribution is 9.10. The van der Waals surface area contributed by atoms with Crippen molar-refractivity contribution in [2.45, 2.75) is 0 Å². The summed E-state index contributed by atoms with van der Waals surface area (Å²) in [5.41, 5.74) is 1.22. The molecule has 4 heteroatoms. The molecule has 0 aliphatic carbocycles. The summed E-state index contributed by atoms with van der Waals surface area (Å²) in [6.07, 6.45) is 1.54. The van der Waals surface area contributed by atoms with Gasteiger partial charge in [0, 0.05) is 11.6 Å². The Balaban J connectivity index is 2.20. The number of hydrogen-bond acceptors (Lipinski definition) is 3. The molecule has 96 valence electrons. The molecule has 3 rings (SSSR count). The van der Waals surface area contributed by atoms with Gasteiger partial charge in [0.1, 0.15) is 17.4 Å². The zero-order chi connectivity index (χ0) is 13.9. The molecule has 0 aliphatic rings. The minimum atomic E-state index is 0.416. The fourth-order valence-electron chi connectivity index (χ4n) is 1.94. The smallest absolute Gasteiger partial charge is 0.156 e. The maximum Gasteiger partial charge on any atom is 0.156 e. The molecule has 0 aliphatic heterocycles. The first-order chi connectivity index (χ1) is 9.79. The minimum Gasteiger partial charge on any atom is -0.454 e. The van der Waals surface area contributed by atoms with Gasteiger partial charge in [-0.25, -0.2) is 0 Å². The number of fused-ring (bicyclic) bond motifs is 1. The highest BCUT2D eigenvalue weighted by Crippen LogP contribution is 2.35. The molecule has 0 spiro atoms. The van der Waals surface area contributed by atoms with Crippen molar-refractivity contribution in [1.82, 2.24) is 4.98 Å². The third-order valence-electron chi connectivity index (χ3n) is 2.90. The number of halogens is 1. The van der Waals surface area contributed by atoms with Gasteiger partial charge < -0.3 is 4.74 Å². The van der Waals surface area contributed by atoms with E-state index in [2.05, 4.69) is 27.0 Å². The molecular weight excluding hydrogens is 316 g/mol. The van der Waals surface area contributed by atoms with Crippen molar-refractivity contribution in [1.29, 1.82) is 5.26 Å². The van der Waals surface area contributed by atoms with E-state index >= 15 is 0 Å². The Bertz CT molecular complexity index is 824. The maximum atomic E-state index is 9.24. The van der Waals surface area contributed by atoms with Crippen LogP contribution in [0.25, 0.3) is 10.9 Å². The molecule has 0 amide bonds. The lowest BCUT2D eigenvalue weighted by molar-refractivity contribution is 0.483. The lowest BCUT2D eigenvalue weighted by atomic mass is 10.1. The summed E-state index contributed by atoms with van der Waals surface area (Å²) < 4.78 is 6.77. The van der Waals surface area contributed by atoms with Crippen LogP contribution in [0.15, 0.2) is 59.2 Å². The van der Waals surface area contributed by atoms with Crippen LogP contribution in [0.3, 0.4) is 0 Å². The largest absolute Gasteiger partial charge is 0.454 e. The molecule has 20 heavy (non-hydrogen) atoms. The van der Waals surface area contributed by atoms with Crippen molar-refractivity contribution in [3.63, 3.8) is 0 Å². The molecule has 0 saturated carbocycles. The van der Waals surface area contributed by atoms with Crippen LogP contribution in [0.4, 0.5) is 0 Å². The number of hydrogen-bond donors (Lipinski definition) is 0. The second-order valence-corrected chi connectivity index (χ2v) is 5.02. The van der Waals surface area contributed by atoms with Gasteiger partial charge in [-0.1, -0.05) is 24.3 Å². The van der Waals surface area contributed by atoms with Crippen molar-refractivity contribution in [2.24, 2.45) is 0 Å². The second kappa shape index (κ2) is 5.32. The van der Waals surface area contributed by atoms with Gasteiger partial charge in [-0.05, 0) is 40.2 Å².